The molecule has 0 fully saturated rings. The maximum atomic E-state index is 4.47. The number of rotatable bonds is 1. The van der Waals surface area contributed by atoms with Crippen molar-refractivity contribution in [3.8, 4) is 11.3 Å². The van der Waals surface area contributed by atoms with Gasteiger partial charge in [0, 0.05) is 5.39 Å². The van der Waals surface area contributed by atoms with Crippen molar-refractivity contribution in [2.75, 3.05) is 0 Å². The molecule has 0 N–H and O–H groups in total. The van der Waals surface area contributed by atoms with E-state index in [1.165, 1.54) is 33.2 Å². The maximum Gasteiger partial charge on any atom is 0.246 e. The van der Waals surface area contributed by atoms with Crippen LogP contribution in [0.2, 0.25) is 0 Å². The molecule has 0 spiro atoms. The molecule has 0 radical (unpaired) electrons. The minimum atomic E-state index is 1.18. The Kier molecular flexibility index (Phi) is 2.79. The van der Waals surface area contributed by atoms with Crippen LogP contribution in [0.4, 0.5) is 0 Å². The van der Waals surface area contributed by atoms with Crippen molar-refractivity contribution in [3.05, 3.63) is 59.8 Å². The molecule has 0 aliphatic carbocycles. The summed E-state index contributed by atoms with van der Waals surface area (Å²) in [7, 11) is 2.00. The van der Waals surface area contributed by atoms with E-state index in [2.05, 4.69) is 61.4 Å². The van der Waals surface area contributed by atoms with Gasteiger partial charge in [0.25, 0.3) is 0 Å². The first kappa shape index (κ1) is 11.8. The van der Waals surface area contributed by atoms with Gasteiger partial charge in [0.1, 0.15) is 6.20 Å². The van der Waals surface area contributed by atoms with Gasteiger partial charge in [-0.25, -0.2) is 0 Å². The predicted molar refractivity (Wildman–Crippen MR) is 77.8 cm³/mol. The van der Waals surface area contributed by atoms with Crippen molar-refractivity contribution < 1.29 is 4.68 Å². The molecule has 2 nitrogen and oxygen atoms in total. The standard InChI is InChI=1S/C17H17N2/c1-12-7-6-10-15(13(12)2)17-16-9-5-4-8-14(16)11-18-19(17)3/h4-11H,1-3H3/q+1. The number of aromatic nitrogens is 2. The third kappa shape index (κ3) is 1.89. The van der Waals surface area contributed by atoms with Crippen LogP contribution in [-0.4, -0.2) is 5.10 Å². The monoisotopic (exact) mass is 249 g/mol. The lowest BCUT2D eigenvalue weighted by Gasteiger charge is -2.08. The third-order valence-electron chi connectivity index (χ3n) is 3.77. The van der Waals surface area contributed by atoms with Gasteiger partial charge in [-0.2, -0.15) is 0 Å². The summed E-state index contributed by atoms with van der Waals surface area (Å²) in [5, 5.41) is 6.89. The summed E-state index contributed by atoms with van der Waals surface area (Å²) in [6.07, 6.45) is 1.92. The zero-order valence-corrected chi connectivity index (χ0v) is 11.5. The van der Waals surface area contributed by atoms with Crippen LogP contribution in [0.3, 0.4) is 0 Å². The van der Waals surface area contributed by atoms with E-state index in [0.29, 0.717) is 0 Å². The van der Waals surface area contributed by atoms with Crippen molar-refractivity contribution in [2.24, 2.45) is 7.05 Å². The van der Waals surface area contributed by atoms with E-state index in [9.17, 15) is 0 Å². The van der Waals surface area contributed by atoms with Gasteiger partial charge in [-0.15, -0.1) is 0 Å². The zero-order chi connectivity index (χ0) is 13.4. The molecule has 2 aromatic carbocycles. The maximum absolute atomic E-state index is 4.47. The quantitative estimate of drug-likeness (QED) is 0.604. The minimum absolute atomic E-state index is 1.18. The van der Waals surface area contributed by atoms with Crippen molar-refractivity contribution in [1.82, 2.24) is 5.10 Å². The number of hydrogen-bond donors (Lipinski definition) is 0. The Hall–Kier alpha value is -2.22. The average molecular weight is 249 g/mol. The lowest BCUT2D eigenvalue weighted by Crippen LogP contribution is -2.35. The van der Waals surface area contributed by atoms with Crippen molar-refractivity contribution in [2.45, 2.75) is 13.8 Å². The molecule has 19 heavy (non-hydrogen) atoms. The molecule has 2 heteroatoms. The van der Waals surface area contributed by atoms with Crippen LogP contribution in [0.25, 0.3) is 22.0 Å². The van der Waals surface area contributed by atoms with Crippen LogP contribution < -0.4 is 4.68 Å². The Balaban J connectivity index is 2.42. The first-order chi connectivity index (χ1) is 9.18. The van der Waals surface area contributed by atoms with Gasteiger partial charge >= 0.3 is 0 Å². The molecule has 0 bridgehead atoms. The molecule has 0 saturated heterocycles. The van der Waals surface area contributed by atoms with E-state index in [1.54, 1.807) is 0 Å². The molecule has 0 aliphatic heterocycles. The summed E-state index contributed by atoms with van der Waals surface area (Å²) in [5.74, 6) is 0. The van der Waals surface area contributed by atoms with Gasteiger partial charge in [0.2, 0.25) is 5.69 Å². The summed E-state index contributed by atoms with van der Waals surface area (Å²) in [6.45, 7) is 4.32. The van der Waals surface area contributed by atoms with Crippen LogP contribution in [0.15, 0.2) is 48.7 Å². The Morgan fingerprint density at radius 3 is 2.58 bits per heavy atom. The van der Waals surface area contributed by atoms with Crippen molar-refractivity contribution >= 4 is 10.8 Å². The van der Waals surface area contributed by atoms with Crippen molar-refractivity contribution in [3.63, 3.8) is 0 Å². The van der Waals surface area contributed by atoms with Crippen molar-refractivity contribution in [1.29, 1.82) is 0 Å². The number of aryl methyl sites for hydroxylation is 2. The molecule has 0 saturated carbocycles. The van der Waals surface area contributed by atoms with E-state index >= 15 is 0 Å². The van der Waals surface area contributed by atoms with Crippen LogP contribution in [0.1, 0.15) is 11.1 Å². The lowest BCUT2D eigenvalue weighted by atomic mass is 9.97. The Labute approximate surface area is 113 Å². The highest BCUT2D eigenvalue weighted by Crippen LogP contribution is 2.28. The van der Waals surface area contributed by atoms with Gasteiger partial charge in [-0.1, -0.05) is 35.0 Å². The van der Waals surface area contributed by atoms with Crippen LogP contribution in [0.5, 0.6) is 0 Å². The zero-order valence-electron chi connectivity index (χ0n) is 11.5. The van der Waals surface area contributed by atoms with E-state index in [0.717, 1.165) is 0 Å². The van der Waals surface area contributed by atoms with E-state index < -0.39 is 0 Å². The Bertz CT molecular complexity index is 760. The largest absolute Gasteiger partial charge is 0.246 e. The van der Waals surface area contributed by atoms with E-state index in [1.807, 2.05) is 17.9 Å². The lowest BCUT2D eigenvalue weighted by molar-refractivity contribution is -0.719. The molecule has 0 amide bonds. The Morgan fingerprint density at radius 1 is 0.947 bits per heavy atom. The highest BCUT2D eigenvalue weighted by molar-refractivity contribution is 5.93. The third-order valence-corrected chi connectivity index (χ3v) is 3.77. The number of fused-ring (bicyclic) bond motifs is 1. The smallest absolute Gasteiger partial charge is 0.0858 e. The van der Waals surface area contributed by atoms with E-state index in [4.69, 9.17) is 0 Å². The predicted octanol–water partition coefficient (Wildman–Crippen LogP) is 3.34. The van der Waals surface area contributed by atoms with Gasteiger partial charge in [-0.3, -0.25) is 0 Å². The molecule has 94 valence electrons. The summed E-state index contributed by atoms with van der Waals surface area (Å²) in [6, 6.07) is 14.8. The molecular weight excluding hydrogens is 232 g/mol. The second-order valence-corrected chi connectivity index (χ2v) is 4.95. The molecule has 3 rings (SSSR count). The molecule has 3 aromatic rings. The number of benzene rings is 2. The fourth-order valence-electron chi connectivity index (χ4n) is 2.53. The summed E-state index contributed by atoms with van der Waals surface area (Å²) >= 11 is 0. The Morgan fingerprint density at radius 2 is 1.74 bits per heavy atom. The molecule has 1 heterocycles. The van der Waals surface area contributed by atoms with Crippen LogP contribution in [0, 0.1) is 13.8 Å². The van der Waals surface area contributed by atoms with Gasteiger partial charge in [0.05, 0.1) is 10.9 Å². The first-order valence-electron chi connectivity index (χ1n) is 6.49. The van der Waals surface area contributed by atoms with E-state index in [-0.39, 0.29) is 0 Å². The second kappa shape index (κ2) is 4.47. The SMILES string of the molecule is Cc1cccc(-c2c3ccccc3cn[n+]2C)c1C. The topological polar surface area (TPSA) is 16.8 Å². The number of nitrogens with zero attached hydrogens (tertiary/aromatic N) is 2. The highest BCUT2D eigenvalue weighted by atomic mass is 15.2. The molecular formula is C17H17N2+. The molecule has 0 unspecified atom stereocenters. The minimum Gasteiger partial charge on any atom is -0.0858 e. The summed E-state index contributed by atoms with van der Waals surface area (Å²) in [5.41, 5.74) is 5.06. The van der Waals surface area contributed by atoms with Crippen LogP contribution >= 0.6 is 0 Å². The van der Waals surface area contributed by atoms with Gasteiger partial charge < -0.3 is 0 Å². The summed E-state index contributed by atoms with van der Waals surface area (Å²) < 4.78 is 1.96. The first-order valence-corrected chi connectivity index (χ1v) is 6.49. The second-order valence-electron chi connectivity index (χ2n) is 4.95. The fraction of sp³-hybridized carbons (Fsp3) is 0.176. The van der Waals surface area contributed by atoms with Gasteiger partial charge in [-0.05, 0) is 42.2 Å². The fourth-order valence-corrected chi connectivity index (χ4v) is 2.53. The summed E-state index contributed by atoms with van der Waals surface area (Å²) in [4.78, 5) is 0. The normalized spacial score (nSPS) is 10.9. The van der Waals surface area contributed by atoms with Crippen LogP contribution in [-0.2, 0) is 7.05 Å². The molecule has 1 aromatic heterocycles. The molecule has 0 atom stereocenters. The molecule has 0 aliphatic rings. The average Bonchev–Trinajstić information content (AvgIpc) is 2.43. The van der Waals surface area contributed by atoms with Gasteiger partial charge in [0.15, 0.2) is 7.05 Å². The number of hydrogen-bond acceptors (Lipinski definition) is 1. The highest BCUT2D eigenvalue weighted by Gasteiger charge is 2.18.